The van der Waals surface area contributed by atoms with E-state index < -0.39 is 0 Å². The smallest absolute Gasteiger partial charge is 0.240 e. The molecule has 88 valence electrons. The lowest BCUT2D eigenvalue weighted by Crippen LogP contribution is -2.34. The van der Waals surface area contributed by atoms with E-state index in [1.807, 2.05) is 11.9 Å². The van der Waals surface area contributed by atoms with Crippen LogP contribution in [0.1, 0.15) is 32.6 Å². The van der Waals surface area contributed by atoms with Crippen LogP contribution < -0.4 is 5.32 Å². The maximum absolute atomic E-state index is 11.8. The summed E-state index contributed by atoms with van der Waals surface area (Å²) in [5, 5.41) is 3.42. The molecule has 0 saturated carbocycles. The molecule has 2 unspecified atom stereocenters. The SMILES string of the molecule is CCCCC1NC(CCSC)C(=O)N1C. The van der Waals surface area contributed by atoms with E-state index in [1.165, 1.54) is 12.8 Å². The molecule has 3 nitrogen and oxygen atoms in total. The molecule has 1 aliphatic rings. The predicted octanol–water partition coefficient (Wildman–Crippen LogP) is 1.69. The Balaban J connectivity index is 2.40. The van der Waals surface area contributed by atoms with Gasteiger partial charge in [-0.1, -0.05) is 19.8 Å². The number of nitrogens with one attached hydrogen (secondary N) is 1. The summed E-state index contributed by atoms with van der Waals surface area (Å²) in [6.07, 6.45) is 6.75. The second-order valence-corrected chi connectivity index (χ2v) is 5.09. The molecule has 1 N–H and O–H groups in total. The number of hydrogen-bond acceptors (Lipinski definition) is 3. The van der Waals surface area contributed by atoms with Crippen molar-refractivity contribution in [2.45, 2.75) is 44.8 Å². The van der Waals surface area contributed by atoms with Gasteiger partial charge in [0.2, 0.25) is 5.91 Å². The van der Waals surface area contributed by atoms with Crippen LogP contribution in [-0.4, -0.2) is 42.1 Å². The summed E-state index contributed by atoms with van der Waals surface area (Å²) in [6, 6.07) is 0.0595. The van der Waals surface area contributed by atoms with Crippen LogP contribution >= 0.6 is 11.8 Å². The third-order valence-electron chi connectivity index (χ3n) is 2.95. The zero-order chi connectivity index (χ0) is 11.3. The summed E-state index contributed by atoms with van der Waals surface area (Å²) >= 11 is 1.80. The highest BCUT2D eigenvalue weighted by Gasteiger charge is 2.35. The van der Waals surface area contributed by atoms with E-state index >= 15 is 0 Å². The molecule has 4 heteroatoms. The number of amides is 1. The fourth-order valence-corrected chi connectivity index (χ4v) is 2.40. The third kappa shape index (κ3) is 3.38. The van der Waals surface area contributed by atoms with Crippen LogP contribution in [-0.2, 0) is 4.79 Å². The standard InChI is InChI=1S/C11H22N2OS/c1-4-5-6-10-12-9(7-8-15-3)11(14)13(10)2/h9-10,12H,4-8H2,1-3H3. The van der Waals surface area contributed by atoms with Crippen molar-refractivity contribution in [2.75, 3.05) is 19.1 Å². The maximum atomic E-state index is 11.8. The number of thioether (sulfide) groups is 1. The van der Waals surface area contributed by atoms with Gasteiger partial charge in [0, 0.05) is 7.05 Å². The van der Waals surface area contributed by atoms with E-state index in [-0.39, 0.29) is 18.1 Å². The Labute approximate surface area is 97.0 Å². The van der Waals surface area contributed by atoms with Gasteiger partial charge >= 0.3 is 0 Å². The third-order valence-corrected chi connectivity index (χ3v) is 3.59. The highest BCUT2D eigenvalue weighted by molar-refractivity contribution is 7.98. The van der Waals surface area contributed by atoms with Crippen LogP contribution in [0.2, 0.25) is 0 Å². The second-order valence-electron chi connectivity index (χ2n) is 4.11. The van der Waals surface area contributed by atoms with Gasteiger partial charge in [-0.05, 0) is 24.9 Å². The minimum atomic E-state index is 0.0595. The number of carbonyl (C=O) groups excluding carboxylic acids is 1. The summed E-state index contributed by atoms with van der Waals surface area (Å²) in [7, 11) is 1.91. The van der Waals surface area contributed by atoms with Gasteiger partial charge in [-0.25, -0.2) is 0 Å². The summed E-state index contributed by atoms with van der Waals surface area (Å²) in [6.45, 7) is 2.18. The van der Waals surface area contributed by atoms with E-state index in [9.17, 15) is 4.79 Å². The van der Waals surface area contributed by atoms with Crippen molar-refractivity contribution in [3.05, 3.63) is 0 Å². The summed E-state index contributed by atoms with van der Waals surface area (Å²) < 4.78 is 0. The Hall–Kier alpha value is -0.220. The Morgan fingerprint density at radius 2 is 2.20 bits per heavy atom. The molecule has 0 radical (unpaired) electrons. The van der Waals surface area contributed by atoms with Crippen LogP contribution in [0, 0.1) is 0 Å². The van der Waals surface area contributed by atoms with Gasteiger partial charge in [0.1, 0.15) is 0 Å². The molecule has 1 aliphatic heterocycles. The minimum Gasteiger partial charge on any atom is -0.329 e. The van der Waals surface area contributed by atoms with Gasteiger partial charge in [0.25, 0.3) is 0 Å². The minimum absolute atomic E-state index is 0.0595. The van der Waals surface area contributed by atoms with Gasteiger partial charge in [-0.3, -0.25) is 10.1 Å². The fraction of sp³-hybridized carbons (Fsp3) is 0.909. The normalized spacial score (nSPS) is 26.3. The lowest BCUT2D eigenvalue weighted by atomic mass is 10.2. The predicted molar refractivity (Wildman–Crippen MR) is 66.0 cm³/mol. The topological polar surface area (TPSA) is 32.3 Å². The first kappa shape index (κ1) is 12.8. The monoisotopic (exact) mass is 230 g/mol. The molecule has 1 saturated heterocycles. The highest BCUT2D eigenvalue weighted by atomic mass is 32.2. The first-order chi connectivity index (χ1) is 7.20. The zero-order valence-electron chi connectivity index (χ0n) is 9.95. The van der Waals surface area contributed by atoms with Gasteiger partial charge in [-0.2, -0.15) is 11.8 Å². The molecule has 0 aromatic heterocycles. The van der Waals surface area contributed by atoms with Gasteiger partial charge in [-0.15, -0.1) is 0 Å². The number of unbranched alkanes of at least 4 members (excludes halogenated alkanes) is 1. The average molecular weight is 230 g/mol. The molecule has 1 fully saturated rings. The van der Waals surface area contributed by atoms with Crippen LogP contribution in [0.25, 0.3) is 0 Å². The van der Waals surface area contributed by atoms with Crippen LogP contribution in [0.4, 0.5) is 0 Å². The zero-order valence-corrected chi connectivity index (χ0v) is 10.8. The van der Waals surface area contributed by atoms with E-state index in [0.717, 1.165) is 18.6 Å². The van der Waals surface area contributed by atoms with Gasteiger partial charge < -0.3 is 4.90 Å². The second kappa shape index (κ2) is 6.38. The number of likely N-dealkylation sites (N-methyl/N-ethyl adjacent to an activating group) is 1. The Morgan fingerprint density at radius 3 is 2.80 bits per heavy atom. The van der Waals surface area contributed by atoms with E-state index in [4.69, 9.17) is 0 Å². The van der Waals surface area contributed by atoms with Crippen molar-refractivity contribution in [1.29, 1.82) is 0 Å². The number of rotatable bonds is 6. The van der Waals surface area contributed by atoms with Crippen LogP contribution in [0.3, 0.4) is 0 Å². The van der Waals surface area contributed by atoms with Crippen LogP contribution in [0.5, 0.6) is 0 Å². The average Bonchev–Trinajstić information content (AvgIpc) is 2.51. The molecule has 1 amide bonds. The summed E-state index contributed by atoms with van der Waals surface area (Å²) in [4.78, 5) is 13.7. The maximum Gasteiger partial charge on any atom is 0.240 e. The molecule has 0 aromatic carbocycles. The van der Waals surface area contributed by atoms with Gasteiger partial charge in [0.15, 0.2) is 0 Å². The van der Waals surface area contributed by atoms with E-state index in [1.54, 1.807) is 11.8 Å². The molecule has 0 aliphatic carbocycles. The first-order valence-corrected chi connectivity index (χ1v) is 7.11. The molecule has 1 rings (SSSR count). The van der Waals surface area contributed by atoms with Crippen LogP contribution in [0.15, 0.2) is 0 Å². The van der Waals surface area contributed by atoms with Crippen molar-refractivity contribution in [3.8, 4) is 0 Å². The first-order valence-electron chi connectivity index (χ1n) is 5.72. The molecule has 1 heterocycles. The molecule has 0 bridgehead atoms. The molecular weight excluding hydrogens is 208 g/mol. The van der Waals surface area contributed by atoms with E-state index in [0.29, 0.717) is 0 Å². The Morgan fingerprint density at radius 1 is 1.47 bits per heavy atom. The number of carbonyl (C=O) groups is 1. The molecule has 15 heavy (non-hydrogen) atoms. The quantitative estimate of drug-likeness (QED) is 0.753. The van der Waals surface area contributed by atoms with Crippen molar-refractivity contribution in [2.24, 2.45) is 0 Å². The lowest BCUT2D eigenvalue weighted by Gasteiger charge is -2.18. The summed E-state index contributed by atoms with van der Waals surface area (Å²) in [5.41, 5.74) is 0. The largest absolute Gasteiger partial charge is 0.329 e. The Bertz CT molecular complexity index is 211. The van der Waals surface area contributed by atoms with E-state index in [2.05, 4.69) is 18.5 Å². The molecule has 0 aromatic rings. The molecule has 2 atom stereocenters. The highest BCUT2D eigenvalue weighted by Crippen LogP contribution is 2.16. The Kier molecular flexibility index (Phi) is 5.47. The van der Waals surface area contributed by atoms with Gasteiger partial charge in [0.05, 0.1) is 12.2 Å². The molecule has 0 spiro atoms. The number of nitrogens with zero attached hydrogens (tertiary/aromatic N) is 1. The van der Waals surface area contributed by atoms with Crippen molar-refractivity contribution >= 4 is 17.7 Å². The van der Waals surface area contributed by atoms with Crippen molar-refractivity contribution in [3.63, 3.8) is 0 Å². The summed E-state index contributed by atoms with van der Waals surface area (Å²) in [5.74, 6) is 1.32. The fourth-order valence-electron chi connectivity index (χ4n) is 1.93. The van der Waals surface area contributed by atoms with Crippen molar-refractivity contribution < 1.29 is 4.79 Å². The van der Waals surface area contributed by atoms with Crippen molar-refractivity contribution in [1.82, 2.24) is 10.2 Å². The molecular formula is C11H22N2OS. The number of hydrogen-bond donors (Lipinski definition) is 1. The lowest BCUT2D eigenvalue weighted by molar-refractivity contribution is -0.128.